The average molecular weight is 366 g/mol. The van der Waals surface area contributed by atoms with E-state index in [4.69, 9.17) is 5.11 Å². The Labute approximate surface area is 151 Å². The van der Waals surface area contributed by atoms with E-state index in [-0.39, 0.29) is 24.7 Å². The van der Waals surface area contributed by atoms with Gasteiger partial charge >= 0.3 is 12.0 Å². The van der Waals surface area contributed by atoms with Gasteiger partial charge in [-0.05, 0) is 37.5 Å². The lowest BCUT2D eigenvalue weighted by molar-refractivity contribution is -0.139. The summed E-state index contributed by atoms with van der Waals surface area (Å²) in [5.74, 6) is 0.839. The molecular formula is C17H26N4O3S. The Bertz CT molecular complexity index is 623. The van der Waals surface area contributed by atoms with Gasteiger partial charge in [-0.3, -0.25) is 15.0 Å². The number of nitrogens with zero attached hydrogens (tertiary/aromatic N) is 2. The van der Waals surface area contributed by atoms with E-state index in [1.807, 2.05) is 0 Å². The molecule has 2 amide bonds. The SMILES string of the molecule is CC(C)c1scnc1NC(=O)NC1CC(N(CC(=O)O)CC2CC2)C1. The first-order valence-electron chi connectivity index (χ1n) is 8.89. The number of carbonyl (C=O) groups excluding carboxylic acids is 1. The second-order valence-corrected chi connectivity index (χ2v) is 8.29. The van der Waals surface area contributed by atoms with Crippen LogP contribution in [0.3, 0.4) is 0 Å². The number of carbonyl (C=O) groups is 2. The maximum absolute atomic E-state index is 12.2. The first-order valence-corrected chi connectivity index (χ1v) is 9.77. The number of thiazole rings is 1. The van der Waals surface area contributed by atoms with Gasteiger partial charge in [0.25, 0.3) is 0 Å². The number of hydrogen-bond donors (Lipinski definition) is 3. The molecule has 0 bridgehead atoms. The summed E-state index contributed by atoms with van der Waals surface area (Å²) in [6.45, 7) is 5.11. The number of aromatic nitrogens is 1. The lowest BCUT2D eigenvalue weighted by Gasteiger charge is -2.42. The molecule has 0 radical (unpaired) electrons. The van der Waals surface area contributed by atoms with Gasteiger partial charge < -0.3 is 10.4 Å². The van der Waals surface area contributed by atoms with Gasteiger partial charge in [-0.2, -0.15) is 0 Å². The summed E-state index contributed by atoms with van der Waals surface area (Å²) in [4.78, 5) is 30.6. The Hall–Kier alpha value is -1.67. The minimum Gasteiger partial charge on any atom is -0.480 e. The second-order valence-electron chi connectivity index (χ2n) is 7.41. The molecule has 0 aliphatic heterocycles. The van der Waals surface area contributed by atoms with Crippen molar-refractivity contribution in [3.8, 4) is 0 Å². The van der Waals surface area contributed by atoms with Crippen molar-refractivity contribution in [2.45, 2.75) is 57.5 Å². The summed E-state index contributed by atoms with van der Waals surface area (Å²) in [5, 5.41) is 14.9. The summed E-state index contributed by atoms with van der Waals surface area (Å²) >= 11 is 1.54. The summed E-state index contributed by atoms with van der Waals surface area (Å²) in [5.41, 5.74) is 1.74. The van der Waals surface area contributed by atoms with Crippen LogP contribution in [0.15, 0.2) is 5.51 Å². The fourth-order valence-corrected chi connectivity index (χ4v) is 4.00. The number of amides is 2. The van der Waals surface area contributed by atoms with E-state index in [0.29, 0.717) is 17.7 Å². The molecule has 2 saturated carbocycles. The molecule has 2 fully saturated rings. The molecule has 0 aromatic carbocycles. The highest BCUT2D eigenvalue weighted by Gasteiger charge is 2.37. The summed E-state index contributed by atoms with van der Waals surface area (Å²) < 4.78 is 0. The highest BCUT2D eigenvalue weighted by molar-refractivity contribution is 7.10. The molecule has 3 rings (SSSR count). The van der Waals surface area contributed by atoms with Gasteiger partial charge in [0.15, 0.2) is 0 Å². The smallest absolute Gasteiger partial charge is 0.320 e. The Morgan fingerprint density at radius 3 is 2.72 bits per heavy atom. The summed E-state index contributed by atoms with van der Waals surface area (Å²) in [6.07, 6.45) is 4.03. The summed E-state index contributed by atoms with van der Waals surface area (Å²) in [7, 11) is 0. The zero-order valence-corrected chi connectivity index (χ0v) is 15.5. The van der Waals surface area contributed by atoms with Crippen LogP contribution in [0.5, 0.6) is 0 Å². The number of rotatable bonds is 8. The Morgan fingerprint density at radius 2 is 2.12 bits per heavy atom. The van der Waals surface area contributed by atoms with E-state index >= 15 is 0 Å². The van der Waals surface area contributed by atoms with Crippen molar-refractivity contribution in [2.24, 2.45) is 5.92 Å². The van der Waals surface area contributed by atoms with Crippen LogP contribution in [-0.4, -0.2) is 52.2 Å². The average Bonchev–Trinajstić information content (AvgIpc) is 3.17. The van der Waals surface area contributed by atoms with Gasteiger partial charge in [0, 0.05) is 18.6 Å². The van der Waals surface area contributed by atoms with Crippen molar-refractivity contribution < 1.29 is 14.7 Å². The third-order valence-electron chi connectivity index (χ3n) is 4.84. The van der Waals surface area contributed by atoms with Crippen molar-refractivity contribution in [1.29, 1.82) is 0 Å². The summed E-state index contributed by atoms with van der Waals surface area (Å²) in [6, 6.07) is 0.123. The molecule has 1 heterocycles. The standard InChI is InChI=1S/C17H26N4O3S/c1-10(2)15-16(18-9-25-15)20-17(24)19-12-5-13(6-12)21(8-14(22)23)7-11-3-4-11/h9-13H,3-8H2,1-2H3,(H,22,23)(H2,19,20,24). The van der Waals surface area contributed by atoms with E-state index in [1.54, 1.807) is 16.8 Å². The number of urea groups is 1. The highest BCUT2D eigenvalue weighted by Crippen LogP contribution is 2.34. The maximum Gasteiger partial charge on any atom is 0.320 e. The first-order chi connectivity index (χ1) is 11.9. The topological polar surface area (TPSA) is 94.6 Å². The molecule has 0 unspecified atom stereocenters. The van der Waals surface area contributed by atoms with Crippen LogP contribution in [0.25, 0.3) is 0 Å². The van der Waals surface area contributed by atoms with E-state index in [9.17, 15) is 9.59 Å². The number of carboxylic acids is 1. The third kappa shape index (κ3) is 4.92. The molecule has 0 spiro atoms. The zero-order chi connectivity index (χ0) is 18.0. The van der Waals surface area contributed by atoms with Gasteiger partial charge in [0.2, 0.25) is 0 Å². The molecule has 25 heavy (non-hydrogen) atoms. The minimum atomic E-state index is -0.778. The van der Waals surface area contributed by atoms with Crippen molar-refractivity contribution >= 4 is 29.2 Å². The van der Waals surface area contributed by atoms with Gasteiger partial charge in [-0.25, -0.2) is 9.78 Å². The van der Waals surface area contributed by atoms with E-state index in [1.165, 1.54) is 12.8 Å². The monoisotopic (exact) mass is 366 g/mol. The maximum atomic E-state index is 12.2. The molecule has 0 atom stereocenters. The van der Waals surface area contributed by atoms with E-state index in [0.717, 1.165) is 24.3 Å². The van der Waals surface area contributed by atoms with Crippen molar-refractivity contribution in [3.63, 3.8) is 0 Å². The fraction of sp³-hybridized carbons (Fsp3) is 0.706. The van der Waals surface area contributed by atoms with Gasteiger partial charge in [-0.1, -0.05) is 13.8 Å². The zero-order valence-electron chi connectivity index (χ0n) is 14.7. The highest BCUT2D eigenvalue weighted by atomic mass is 32.1. The van der Waals surface area contributed by atoms with Crippen molar-refractivity contribution in [1.82, 2.24) is 15.2 Å². The Balaban J connectivity index is 1.44. The number of nitrogens with one attached hydrogen (secondary N) is 2. The van der Waals surface area contributed by atoms with Crippen LogP contribution in [0, 0.1) is 5.92 Å². The molecule has 7 nitrogen and oxygen atoms in total. The molecule has 1 aromatic rings. The lowest BCUT2D eigenvalue weighted by Crippen LogP contribution is -2.55. The molecule has 2 aliphatic rings. The van der Waals surface area contributed by atoms with Gasteiger partial charge in [0.05, 0.1) is 16.9 Å². The van der Waals surface area contributed by atoms with Crippen LogP contribution in [-0.2, 0) is 4.79 Å². The quantitative estimate of drug-likeness (QED) is 0.658. The predicted octanol–water partition coefficient (Wildman–Crippen LogP) is 2.72. The number of aliphatic carboxylic acids is 1. The number of anilines is 1. The molecule has 2 aliphatic carbocycles. The van der Waals surface area contributed by atoms with Gasteiger partial charge in [-0.15, -0.1) is 11.3 Å². The Morgan fingerprint density at radius 1 is 1.40 bits per heavy atom. The van der Waals surface area contributed by atoms with Crippen LogP contribution < -0.4 is 10.6 Å². The fourth-order valence-electron chi connectivity index (χ4n) is 3.24. The Kier molecular flexibility index (Phi) is 5.58. The molecular weight excluding hydrogens is 340 g/mol. The number of hydrogen-bond acceptors (Lipinski definition) is 5. The molecule has 0 saturated heterocycles. The largest absolute Gasteiger partial charge is 0.480 e. The van der Waals surface area contributed by atoms with Crippen LogP contribution in [0.1, 0.15) is 50.3 Å². The van der Waals surface area contributed by atoms with E-state index < -0.39 is 5.97 Å². The van der Waals surface area contributed by atoms with Crippen LogP contribution >= 0.6 is 11.3 Å². The van der Waals surface area contributed by atoms with Crippen molar-refractivity contribution in [2.75, 3.05) is 18.4 Å². The van der Waals surface area contributed by atoms with Gasteiger partial charge in [0.1, 0.15) is 5.82 Å². The second kappa shape index (κ2) is 7.70. The normalized spacial score (nSPS) is 22.7. The first kappa shape index (κ1) is 18.1. The van der Waals surface area contributed by atoms with Crippen LogP contribution in [0.2, 0.25) is 0 Å². The lowest BCUT2D eigenvalue weighted by atomic mass is 9.85. The van der Waals surface area contributed by atoms with E-state index in [2.05, 4.69) is 34.4 Å². The molecule has 8 heteroatoms. The molecule has 1 aromatic heterocycles. The number of carboxylic acid groups (broad SMARTS) is 1. The predicted molar refractivity (Wildman–Crippen MR) is 97.1 cm³/mol. The molecule has 3 N–H and O–H groups in total. The van der Waals surface area contributed by atoms with Crippen LogP contribution in [0.4, 0.5) is 10.6 Å². The van der Waals surface area contributed by atoms with Crippen molar-refractivity contribution in [3.05, 3.63) is 10.4 Å². The third-order valence-corrected chi connectivity index (χ3v) is 5.97. The minimum absolute atomic E-state index is 0.0939. The molecule has 138 valence electrons.